The Bertz CT molecular complexity index is 2980. The van der Waals surface area contributed by atoms with Crippen molar-refractivity contribution in [3.63, 3.8) is 0 Å². The minimum Gasteiger partial charge on any atom is -0.292 e. The SMILES string of the molecule is CC1=CCCC(C)=C1n1c(-c2ccccc2)nc2cc(Cc3cccc(-c4cccc(-c5ccccc5)c4-n4c(-c5ccccc5)nc5ccccc54)c3)ccc21. The van der Waals surface area contributed by atoms with Crippen LogP contribution in [0.15, 0.2) is 193 Å². The van der Waals surface area contributed by atoms with E-state index in [0.29, 0.717) is 0 Å². The molecule has 0 saturated carbocycles. The largest absolute Gasteiger partial charge is 0.292 e. The van der Waals surface area contributed by atoms with Gasteiger partial charge in [0.25, 0.3) is 0 Å². The van der Waals surface area contributed by atoms with E-state index in [1.54, 1.807) is 0 Å². The van der Waals surface area contributed by atoms with Crippen molar-refractivity contribution in [2.24, 2.45) is 0 Å². The molecule has 7 aromatic carbocycles. The second-order valence-corrected chi connectivity index (χ2v) is 15.1. The maximum Gasteiger partial charge on any atom is 0.145 e. The molecule has 0 bridgehead atoms. The van der Waals surface area contributed by atoms with Gasteiger partial charge in [-0.15, -0.1) is 0 Å². The summed E-state index contributed by atoms with van der Waals surface area (Å²) >= 11 is 0. The highest BCUT2D eigenvalue weighted by atomic mass is 15.1. The van der Waals surface area contributed by atoms with Crippen molar-refractivity contribution in [2.75, 3.05) is 0 Å². The fraction of sp³-hybridized carbons (Fsp3) is 0.0943. The third-order valence-corrected chi connectivity index (χ3v) is 11.3. The molecule has 0 radical (unpaired) electrons. The van der Waals surface area contributed by atoms with Gasteiger partial charge in [-0.05, 0) is 90.8 Å². The van der Waals surface area contributed by atoms with Crippen molar-refractivity contribution in [3.05, 3.63) is 204 Å². The van der Waals surface area contributed by atoms with Crippen LogP contribution in [0.5, 0.6) is 0 Å². The van der Waals surface area contributed by atoms with Gasteiger partial charge in [0, 0.05) is 28.0 Å². The van der Waals surface area contributed by atoms with Crippen molar-refractivity contribution in [1.82, 2.24) is 19.1 Å². The van der Waals surface area contributed by atoms with Crippen LogP contribution in [-0.2, 0) is 6.42 Å². The lowest BCUT2D eigenvalue weighted by atomic mass is 9.93. The number of imidazole rings is 2. The summed E-state index contributed by atoms with van der Waals surface area (Å²) in [5, 5.41) is 0. The van der Waals surface area contributed by atoms with Crippen LogP contribution >= 0.6 is 0 Å². The topological polar surface area (TPSA) is 35.6 Å². The quantitative estimate of drug-likeness (QED) is 0.156. The van der Waals surface area contributed by atoms with E-state index in [0.717, 1.165) is 92.0 Å². The average Bonchev–Trinajstić information content (AvgIpc) is 3.83. The average molecular weight is 735 g/mol. The van der Waals surface area contributed by atoms with E-state index < -0.39 is 0 Å². The minimum absolute atomic E-state index is 0.787. The minimum atomic E-state index is 0.787. The summed E-state index contributed by atoms with van der Waals surface area (Å²) in [5.41, 5.74) is 18.6. The van der Waals surface area contributed by atoms with E-state index in [1.165, 1.54) is 28.0 Å². The van der Waals surface area contributed by atoms with Gasteiger partial charge >= 0.3 is 0 Å². The molecule has 4 heteroatoms. The van der Waals surface area contributed by atoms with Crippen molar-refractivity contribution >= 4 is 27.8 Å². The zero-order valence-corrected chi connectivity index (χ0v) is 32.2. The van der Waals surface area contributed by atoms with Crippen LogP contribution in [0.1, 0.15) is 37.8 Å². The zero-order valence-electron chi connectivity index (χ0n) is 32.2. The van der Waals surface area contributed by atoms with Crippen LogP contribution < -0.4 is 0 Å². The number of nitrogens with zero attached hydrogens (tertiary/aromatic N) is 4. The van der Waals surface area contributed by atoms with Crippen LogP contribution in [0.25, 0.3) is 78.5 Å². The summed E-state index contributed by atoms with van der Waals surface area (Å²) < 4.78 is 4.75. The Kier molecular flexibility index (Phi) is 8.80. The summed E-state index contributed by atoms with van der Waals surface area (Å²) in [7, 11) is 0. The fourth-order valence-corrected chi connectivity index (χ4v) is 8.65. The molecule has 9 aromatic rings. The standard InChI is InChI=1S/C53H42N4/c1-36-17-14-18-37(2)50(36)56-49-32-31-39(35-47(49)55-53(56)42-24-10-5-11-25-42)33-38-19-15-26-43(34-38)45-28-16-27-44(40-20-6-3-7-21-40)51(45)57-48-30-13-12-29-46(48)54-52(57)41-22-8-4-9-23-41/h3-13,15-17,19-32,34-35H,14,18,33H2,1-2H3. The van der Waals surface area contributed by atoms with Gasteiger partial charge in [0.1, 0.15) is 11.6 Å². The molecule has 0 amide bonds. The lowest BCUT2D eigenvalue weighted by Crippen LogP contribution is -2.07. The predicted octanol–water partition coefficient (Wildman–Crippen LogP) is 13.6. The maximum absolute atomic E-state index is 5.32. The molecule has 0 spiro atoms. The van der Waals surface area contributed by atoms with Crippen molar-refractivity contribution in [3.8, 4) is 50.7 Å². The van der Waals surface area contributed by atoms with Gasteiger partial charge in [-0.3, -0.25) is 9.13 Å². The van der Waals surface area contributed by atoms with Gasteiger partial charge < -0.3 is 0 Å². The summed E-state index contributed by atoms with van der Waals surface area (Å²) in [5.74, 6) is 1.91. The Balaban J connectivity index is 1.10. The molecule has 2 heterocycles. The molecule has 0 fully saturated rings. The summed E-state index contributed by atoms with van der Waals surface area (Å²) in [6.07, 6.45) is 5.30. The number of fused-ring (bicyclic) bond motifs is 2. The molecule has 0 atom stereocenters. The molecule has 0 saturated heterocycles. The first-order valence-corrected chi connectivity index (χ1v) is 19.9. The Morgan fingerprint density at radius 3 is 1.75 bits per heavy atom. The van der Waals surface area contributed by atoms with Crippen LogP contribution in [0, 0.1) is 0 Å². The molecular formula is C53H42N4. The molecule has 0 unspecified atom stereocenters. The smallest absolute Gasteiger partial charge is 0.145 e. The first-order valence-electron chi connectivity index (χ1n) is 19.9. The Morgan fingerprint density at radius 1 is 0.474 bits per heavy atom. The van der Waals surface area contributed by atoms with Gasteiger partial charge in [0.15, 0.2) is 0 Å². The molecular weight excluding hydrogens is 693 g/mol. The van der Waals surface area contributed by atoms with Crippen LogP contribution in [0.4, 0.5) is 0 Å². The molecule has 4 nitrogen and oxygen atoms in total. The number of benzene rings is 7. The zero-order chi connectivity index (χ0) is 38.3. The van der Waals surface area contributed by atoms with Gasteiger partial charge in [0.2, 0.25) is 0 Å². The lowest BCUT2D eigenvalue weighted by Gasteiger charge is -2.21. The van der Waals surface area contributed by atoms with Gasteiger partial charge in [0.05, 0.1) is 27.8 Å². The molecule has 2 aromatic heterocycles. The number of aromatic nitrogens is 4. The van der Waals surface area contributed by atoms with E-state index in [9.17, 15) is 0 Å². The molecule has 1 aliphatic carbocycles. The van der Waals surface area contributed by atoms with E-state index >= 15 is 0 Å². The van der Waals surface area contributed by atoms with Crippen molar-refractivity contribution in [1.29, 1.82) is 0 Å². The number of para-hydroxylation sites is 3. The predicted molar refractivity (Wildman–Crippen MR) is 237 cm³/mol. The monoisotopic (exact) mass is 734 g/mol. The molecule has 57 heavy (non-hydrogen) atoms. The van der Waals surface area contributed by atoms with Gasteiger partial charge in [-0.2, -0.15) is 0 Å². The van der Waals surface area contributed by atoms with E-state index in [4.69, 9.17) is 9.97 Å². The highest BCUT2D eigenvalue weighted by Gasteiger charge is 2.23. The summed E-state index contributed by atoms with van der Waals surface area (Å²) in [6, 6.07) is 62.9. The first kappa shape index (κ1) is 34.5. The van der Waals surface area contributed by atoms with Crippen molar-refractivity contribution < 1.29 is 0 Å². The summed E-state index contributed by atoms with van der Waals surface area (Å²) in [6.45, 7) is 4.51. The summed E-state index contributed by atoms with van der Waals surface area (Å²) in [4.78, 5) is 10.6. The maximum atomic E-state index is 5.32. The first-order chi connectivity index (χ1) is 28.1. The van der Waals surface area contributed by atoms with Crippen LogP contribution in [-0.4, -0.2) is 19.1 Å². The van der Waals surface area contributed by atoms with E-state index in [1.807, 2.05) is 0 Å². The second kappa shape index (κ2) is 14.6. The van der Waals surface area contributed by atoms with Gasteiger partial charge in [-0.25, -0.2) is 9.97 Å². The molecule has 0 aliphatic heterocycles. The van der Waals surface area contributed by atoms with Crippen LogP contribution in [0.3, 0.4) is 0 Å². The molecule has 274 valence electrons. The number of hydrogen-bond donors (Lipinski definition) is 0. The van der Waals surface area contributed by atoms with E-state index in [2.05, 4.69) is 205 Å². The number of hydrogen-bond acceptors (Lipinski definition) is 2. The Hall–Kier alpha value is -7.04. The number of rotatable bonds is 8. The lowest BCUT2D eigenvalue weighted by molar-refractivity contribution is 0.922. The van der Waals surface area contributed by atoms with E-state index in [-0.39, 0.29) is 0 Å². The second-order valence-electron chi connectivity index (χ2n) is 15.1. The highest BCUT2D eigenvalue weighted by Crippen LogP contribution is 2.41. The normalized spacial score (nSPS) is 13.1. The number of allylic oxidation sites excluding steroid dienone is 4. The Labute approximate surface area is 333 Å². The highest BCUT2D eigenvalue weighted by molar-refractivity contribution is 5.93. The van der Waals surface area contributed by atoms with Crippen molar-refractivity contribution in [2.45, 2.75) is 33.1 Å². The Morgan fingerprint density at radius 2 is 1.04 bits per heavy atom. The molecule has 10 rings (SSSR count). The van der Waals surface area contributed by atoms with Gasteiger partial charge in [-0.1, -0.05) is 158 Å². The van der Waals surface area contributed by atoms with Crippen LogP contribution in [0.2, 0.25) is 0 Å². The third-order valence-electron chi connectivity index (χ3n) is 11.3. The molecule has 0 N–H and O–H groups in total. The fourth-order valence-electron chi connectivity index (χ4n) is 8.65. The third kappa shape index (κ3) is 6.30. The molecule has 1 aliphatic rings.